The number of aliphatic hydroxyl groups excluding tert-OH is 2. The number of carbonyl (C=O) groups is 4. The number of nitrogens with two attached hydrogens (primary N) is 2. The third kappa shape index (κ3) is 3.57. The fourth-order valence-corrected chi connectivity index (χ4v) is 6.35. The number of rotatable bonds is 4. The molecule has 11 heteroatoms. The smallest absolute Gasteiger partial charge is 0.255 e. The summed E-state index contributed by atoms with van der Waals surface area (Å²) in [4.78, 5) is 52.4. The number of Topliss-reactive ketones (excluding diaryl/α,β-unsaturated/α-hetero) is 2. The molecule has 0 aromatic heterocycles. The molecular formula is C28H27N3O8. The predicted octanol–water partition coefficient (Wildman–Crippen LogP) is 0.730. The SMILES string of the molecule is CN(C)[C@@H]1C(=O)C(C(N)=O)=C(O)[C@@]2(O)C(=O)C3=C(O)c4c(O)ccc(-c5cccc(C(N)=O)c5)c4C[C@H]3C[C@@H]12. The largest absolute Gasteiger partial charge is 0.508 e. The lowest BCUT2D eigenvalue weighted by molar-refractivity contribution is -0.153. The number of fused-ring (bicyclic) bond motifs is 3. The standard InChI is InChI=1S/C28H27N3O8/c1-31(2)21-16-10-13-9-15-14(11-4-3-5-12(8-11)26(29)37)6-7-17(32)19(15)22(33)18(13)24(35)28(16,39)25(36)20(23(21)34)27(30)38/h3-8,13,16,21,32-33,36,39H,9-10H2,1-2H3,(H2,29,37)(H2,30,38)/t13-,16-,21-,28-/m0/s1. The fraction of sp³-hybridized carbons (Fsp3) is 0.286. The highest BCUT2D eigenvalue weighted by Crippen LogP contribution is 2.53. The Bertz CT molecular complexity index is 1560. The summed E-state index contributed by atoms with van der Waals surface area (Å²) in [6.07, 6.45) is 0.0985. The van der Waals surface area contributed by atoms with E-state index in [1.165, 1.54) is 25.1 Å². The van der Waals surface area contributed by atoms with Crippen LogP contribution < -0.4 is 11.5 Å². The maximum atomic E-state index is 13.9. The minimum Gasteiger partial charge on any atom is -0.508 e. The second kappa shape index (κ2) is 8.79. The van der Waals surface area contributed by atoms with Gasteiger partial charge in [0, 0.05) is 17.1 Å². The van der Waals surface area contributed by atoms with Crippen LogP contribution in [0.1, 0.15) is 27.9 Å². The minimum atomic E-state index is -2.70. The van der Waals surface area contributed by atoms with Gasteiger partial charge >= 0.3 is 0 Å². The Morgan fingerprint density at radius 2 is 1.72 bits per heavy atom. The lowest BCUT2D eigenvalue weighted by Gasteiger charge is -2.50. The first-order chi connectivity index (χ1) is 18.3. The highest BCUT2D eigenvalue weighted by molar-refractivity contribution is 6.24. The van der Waals surface area contributed by atoms with Crippen molar-refractivity contribution in [3.05, 3.63) is 70.0 Å². The molecule has 0 saturated heterocycles. The summed E-state index contributed by atoms with van der Waals surface area (Å²) < 4.78 is 0. The first kappa shape index (κ1) is 26.1. The molecule has 3 aliphatic rings. The maximum absolute atomic E-state index is 13.9. The third-order valence-electron chi connectivity index (χ3n) is 8.06. The molecule has 0 radical (unpaired) electrons. The molecule has 1 fully saturated rings. The van der Waals surface area contributed by atoms with Gasteiger partial charge in [0.25, 0.3) is 5.91 Å². The molecule has 11 nitrogen and oxygen atoms in total. The molecule has 4 atom stereocenters. The fourth-order valence-electron chi connectivity index (χ4n) is 6.35. The van der Waals surface area contributed by atoms with E-state index >= 15 is 0 Å². The number of amides is 2. The van der Waals surface area contributed by atoms with Gasteiger partial charge in [0.15, 0.2) is 11.4 Å². The molecule has 2 amide bonds. The molecule has 5 rings (SSSR count). The third-order valence-corrected chi connectivity index (χ3v) is 8.06. The van der Waals surface area contributed by atoms with Crippen molar-refractivity contribution < 1.29 is 39.6 Å². The van der Waals surface area contributed by atoms with Crippen LogP contribution in [0.2, 0.25) is 0 Å². The predicted molar refractivity (Wildman–Crippen MR) is 138 cm³/mol. The van der Waals surface area contributed by atoms with Gasteiger partial charge in [-0.3, -0.25) is 24.1 Å². The van der Waals surface area contributed by atoms with Crippen molar-refractivity contribution in [2.24, 2.45) is 23.3 Å². The molecule has 1 saturated carbocycles. The molecule has 0 bridgehead atoms. The van der Waals surface area contributed by atoms with Gasteiger partial charge in [0.05, 0.1) is 11.6 Å². The van der Waals surface area contributed by atoms with Crippen molar-refractivity contribution in [2.45, 2.75) is 24.5 Å². The van der Waals surface area contributed by atoms with Crippen LogP contribution in [-0.2, 0) is 20.8 Å². The summed E-state index contributed by atoms with van der Waals surface area (Å²) in [6, 6.07) is 8.28. The van der Waals surface area contributed by atoms with Gasteiger partial charge in [0.2, 0.25) is 11.7 Å². The number of aliphatic hydroxyl groups is 3. The van der Waals surface area contributed by atoms with Gasteiger partial charge in [-0.1, -0.05) is 18.2 Å². The zero-order valence-electron chi connectivity index (χ0n) is 21.1. The van der Waals surface area contributed by atoms with Crippen LogP contribution in [0.25, 0.3) is 16.9 Å². The number of phenols is 1. The summed E-state index contributed by atoms with van der Waals surface area (Å²) in [6.45, 7) is 0. The van der Waals surface area contributed by atoms with Gasteiger partial charge in [-0.05, 0) is 67.7 Å². The monoisotopic (exact) mass is 533 g/mol. The normalized spacial score (nSPS) is 26.3. The van der Waals surface area contributed by atoms with Gasteiger partial charge in [0.1, 0.15) is 22.8 Å². The molecule has 3 aliphatic carbocycles. The first-order valence-electron chi connectivity index (χ1n) is 12.2. The van der Waals surface area contributed by atoms with E-state index < -0.39 is 64.0 Å². The molecule has 39 heavy (non-hydrogen) atoms. The van der Waals surface area contributed by atoms with Crippen LogP contribution in [0.15, 0.2) is 53.3 Å². The van der Waals surface area contributed by atoms with E-state index in [0.717, 1.165) is 0 Å². The second-order valence-electron chi connectivity index (χ2n) is 10.4. The van der Waals surface area contributed by atoms with E-state index in [1.54, 1.807) is 30.3 Å². The van der Waals surface area contributed by atoms with E-state index in [4.69, 9.17) is 11.5 Å². The Hall–Kier alpha value is -4.48. The number of aromatic hydroxyl groups is 1. The van der Waals surface area contributed by atoms with E-state index in [0.29, 0.717) is 16.7 Å². The Labute approximate surface area is 222 Å². The zero-order chi connectivity index (χ0) is 28.5. The summed E-state index contributed by atoms with van der Waals surface area (Å²) >= 11 is 0. The number of ketones is 2. The summed E-state index contributed by atoms with van der Waals surface area (Å²) in [5.41, 5.74) is 8.85. The van der Waals surface area contributed by atoms with Crippen LogP contribution in [0.5, 0.6) is 5.75 Å². The average molecular weight is 534 g/mol. The lowest BCUT2D eigenvalue weighted by atomic mass is 9.57. The molecule has 0 heterocycles. The highest BCUT2D eigenvalue weighted by Gasteiger charge is 2.64. The number of hydrogen-bond donors (Lipinski definition) is 6. The number of likely N-dealkylation sites (N-methyl/N-ethyl adjacent to an activating group) is 1. The number of benzene rings is 2. The zero-order valence-corrected chi connectivity index (χ0v) is 21.1. The highest BCUT2D eigenvalue weighted by atomic mass is 16.3. The van der Waals surface area contributed by atoms with Crippen LogP contribution >= 0.6 is 0 Å². The number of carbonyl (C=O) groups excluding carboxylic acids is 4. The number of hydrogen-bond acceptors (Lipinski definition) is 9. The Morgan fingerprint density at radius 1 is 1.03 bits per heavy atom. The Morgan fingerprint density at radius 3 is 2.33 bits per heavy atom. The number of phenolic OH excluding ortho intramolecular Hbond substituents is 1. The van der Waals surface area contributed by atoms with E-state index in [1.807, 2.05) is 0 Å². The van der Waals surface area contributed by atoms with Gasteiger partial charge < -0.3 is 31.9 Å². The maximum Gasteiger partial charge on any atom is 0.255 e. The molecule has 2 aromatic carbocycles. The molecule has 8 N–H and O–H groups in total. The molecule has 0 spiro atoms. The van der Waals surface area contributed by atoms with Gasteiger partial charge in [-0.25, -0.2) is 0 Å². The van der Waals surface area contributed by atoms with Crippen molar-refractivity contribution in [3.8, 4) is 16.9 Å². The van der Waals surface area contributed by atoms with Crippen LogP contribution in [0.4, 0.5) is 0 Å². The first-order valence-corrected chi connectivity index (χ1v) is 12.2. The van der Waals surface area contributed by atoms with Crippen LogP contribution in [0, 0.1) is 11.8 Å². The Kier molecular flexibility index (Phi) is 5.89. The lowest BCUT2D eigenvalue weighted by Crippen LogP contribution is -2.65. The van der Waals surface area contributed by atoms with Crippen LogP contribution in [-0.4, -0.2) is 74.4 Å². The summed E-state index contributed by atoms with van der Waals surface area (Å²) in [7, 11) is 3.07. The molecule has 202 valence electrons. The van der Waals surface area contributed by atoms with Gasteiger partial charge in [-0.15, -0.1) is 0 Å². The second-order valence-corrected chi connectivity index (χ2v) is 10.4. The number of primary amides is 2. The van der Waals surface area contributed by atoms with Crippen molar-refractivity contribution in [3.63, 3.8) is 0 Å². The molecule has 2 aromatic rings. The molecule has 0 unspecified atom stereocenters. The van der Waals surface area contributed by atoms with Crippen molar-refractivity contribution in [1.29, 1.82) is 0 Å². The molecular weight excluding hydrogens is 506 g/mol. The number of nitrogens with zero attached hydrogens (tertiary/aromatic N) is 1. The van der Waals surface area contributed by atoms with Crippen molar-refractivity contribution >= 4 is 29.1 Å². The van der Waals surface area contributed by atoms with E-state index in [-0.39, 0.29) is 35.3 Å². The molecule has 0 aliphatic heterocycles. The minimum absolute atomic E-state index is 0.0256. The van der Waals surface area contributed by atoms with Crippen molar-refractivity contribution in [1.82, 2.24) is 4.90 Å². The van der Waals surface area contributed by atoms with Gasteiger partial charge in [-0.2, -0.15) is 0 Å². The van der Waals surface area contributed by atoms with Crippen molar-refractivity contribution in [2.75, 3.05) is 14.1 Å². The topological polar surface area (TPSA) is 204 Å². The summed E-state index contributed by atoms with van der Waals surface area (Å²) in [5.74, 6) is -7.76. The summed E-state index contributed by atoms with van der Waals surface area (Å²) in [5, 5.41) is 44.7. The van der Waals surface area contributed by atoms with E-state index in [9.17, 15) is 39.6 Å². The van der Waals surface area contributed by atoms with Crippen LogP contribution in [0.3, 0.4) is 0 Å². The average Bonchev–Trinajstić information content (AvgIpc) is 2.86. The quantitative estimate of drug-likeness (QED) is 0.306. The van der Waals surface area contributed by atoms with E-state index in [2.05, 4.69) is 0 Å². The Balaban J connectivity index is 1.73.